The largest absolute Gasteiger partial charge is 0.489 e. The molecule has 1 heterocycles. The first-order valence-electron chi connectivity index (χ1n) is 8.53. The molecule has 0 saturated carbocycles. The Morgan fingerprint density at radius 3 is 2.48 bits per heavy atom. The van der Waals surface area contributed by atoms with Crippen LogP contribution in [-0.4, -0.2) is 19.7 Å². The zero-order valence-corrected chi connectivity index (χ0v) is 15.8. The van der Waals surface area contributed by atoms with E-state index >= 15 is 0 Å². The molecule has 132 valence electrons. The van der Waals surface area contributed by atoms with Crippen molar-refractivity contribution in [2.75, 3.05) is 13.7 Å². The molecule has 0 spiro atoms. The molecular weight excluding hydrogens is 332 g/mol. The summed E-state index contributed by atoms with van der Waals surface area (Å²) in [6.45, 7) is 4.60. The van der Waals surface area contributed by atoms with E-state index in [1.54, 1.807) is 6.07 Å². The predicted octanol–water partition coefficient (Wildman–Crippen LogP) is 5.88. The topological polar surface area (TPSA) is 35.5 Å². The van der Waals surface area contributed by atoms with Crippen molar-refractivity contribution in [1.29, 1.82) is 0 Å². The number of carbonyl (C=O) groups excluding carboxylic acids is 1. The summed E-state index contributed by atoms with van der Waals surface area (Å²) >= 11 is 1.43. The molecule has 3 nitrogen and oxygen atoms in total. The van der Waals surface area contributed by atoms with Gasteiger partial charge < -0.3 is 9.47 Å². The molecule has 0 unspecified atom stereocenters. The van der Waals surface area contributed by atoms with Crippen LogP contribution in [0.3, 0.4) is 0 Å². The molecule has 1 aromatic carbocycles. The SMILES string of the molecule is CC.COC(=O)c1ccc(-c2ccc(OCC3=CCCC=C3)cc2)s1. The van der Waals surface area contributed by atoms with Gasteiger partial charge in [0.25, 0.3) is 0 Å². The second kappa shape index (κ2) is 9.84. The molecule has 0 aliphatic heterocycles. The number of thiophene rings is 1. The van der Waals surface area contributed by atoms with E-state index < -0.39 is 0 Å². The van der Waals surface area contributed by atoms with Gasteiger partial charge in [-0.05, 0) is 60.4 Å². The number of carbonyl (C=O) groups is 1. The minimum Gasteiger partial charge on any atom is -0.489 e. The first-order valence-corrected chi connectivity index (χ1v) is 9.35. The second-order valence-electron chi connectivity index (χ2n) is 5.23. The Bertz CT molecular complexity index is 739. The summed E-state index contributed by atoms with van der Waals surface area (Å²) in [5.41, 5.74) is 2.29. The molecule has 0 fully saturated rings. The quantitative estimate of drug-likeness (QED) is 0.627. The van der Waals surface area contributed by atoms with E-state index in [1.165, 1.54) is 24.0 Å². The molecule has 0 radical (unpaired) electrons. The van der Waals surface area contributed by atoms with Crippen LogP contribution in [-0.2, 0) is 4.74 Å². The Hall–Kier alpha value is -2.33. The van der Waals surface area contributed by atoms with Crippen molar-refractivity contribution in [3.05, 3.63) is 65.1 Å². The number of benzene rings is 1. The fourth-order valence-corrected chi connectivity index (χ4v) is 3.29. The first-order chi connectivity index (χ1) is 12.3. The molecular formula is C21H24O3S. The normalized spacial score (nSPS) is 12.7. The zero-order chi connectivity index (χ0) is 18.1. The average molecular weight is 356 g/mol. The highest BCUT2D eigenvalue weighted by atomic mass is 32.1. The van der Waals surface area contributed by atoms with Crippen molar-refractivity contribution in [2.45, 2.75) is 26.7 Å². The number of ether oxygens (including phenoxy) is 2. The van der Waals surface area contributed by atoms with Gasteiger partial charge in [0.2, 0.25) is 0 Å². The van der Waals surface area contributed by atoms with Crippen LogP contribution in [0.5, 0.6) is 5.75 Å². The summed E-state index contributed by atoms with van der Waals surface area (Å²) in [6, 6.07) is 11.7. The summed E-state index contributed by atoms with van der Waals surface area (Å²) in [7, 11) is 1.39. The van der Waals surface area contributed by atoms with Crippen LogP contribution in [0.2, 0.25) is 0 Å². The van der Waals surface area contributed by atoms with Crippen LogP contribution < -0.4 is 4.74 Å². The molecule has 0 bridgehead atoms. The number of methoxy groups -OCH3 is 1. The van der Waals surface area contributed by atoms with E-state index in [0.29, 0.717) is 11.5 Å². The van der Waals surface area contributed by atoms with Crippen LogP contribution in [0.1, 0.15) is 36.4 Å². The van der Waals surface area contributed by atoms with Gasteiger partial charge in [0.05, 0.1) is 7.11 Å². The van der Waals surface area contributed by atoms with E-state index in [2.05, 4.69) is 18.2 Å². The molecule has 0 N–H and O–H groups in total. The molecule has 0 saturated heterocycles. The van der Waals surface area contributed by atoms with Gasteiger partial charge in [-0.15, -0.1) is 11.3 Å². The lowest BCUT2D eigenvalue weighted by molar-refractivity contribution is 0.0606. The van der Waals surface area contributed by atoms with Crippen LogP contribution in [0, 0.1) is 0 Å². The van der Waals surface area contributed by atoms with Crippen molar-refractivity contribution in [1.82, 2.24) is 0 Å². The van der Waals surface area contributed by atoms with Gasteiger partial charge in [0.15, 0.2) is 0 Å². The molecule has 25 heavy (non-hydrogen) atoms. The lowest BCUT2D eigenvalue weighted by Gasteiger charge is -2.09. The number of esters is 1. The van der Waals surface area contributed by atoms with Crippen molar-refractivity contribution in [3.8, 4) is 16.2 Å². The minimum absolute atomic E-state index is 0.296. The predicted molar refractivity (Wildman–Crippen MR) is 104 cm³/mol. The van der Waals surface area contributed by atoms with Crippen molar-refractivity contribution >= 4 is 17.3 Å². The number of rotatable bonds is 5. The molecule has 1 aliphatic rings. The van der Waals surface area contributed by atoms with Gasteiger partial charge in [-0.2, -0.15) is 0 Å². The van der Waals surface area contributed by atoms with Gasteiger partial charge in [0.1, 0.15) is 17.2 Å². The number of allylic oxidation sites excluding steroid dienone is 2. The van der Waals surface area contributed by atoms with E-state index in [0.717, 1.165) is 29.0 Å². The molecule has 2 aromatic rings. The van der Waals surface area contributed by atoms with Crippen molar-refractivity contribution in [2.24, 2.45) is 0 Å². The van der Waals surface area contributed by atoms with E-state index in [-0.39, 0.29) is 5.97 Å². The first kappa shape index (κ1) is 19.0. The van der Waals surface area contributed by atoms with E-state index in [1.807, 2.05) is 44.2 Å². The number of hydrogen-bond acceptors (Lipinski definition) is 4. The second-order valence-corrected chi connectivity index (χ2v) is 6.31. The monoisotopic (exact) mass is 356 g/mol. The molecule has 3 rings (SSSR count). The minimum atomic E-state index is -0.296. The maximum atomic E-state index is 11.5. The van der Waals surface area contributed by atoms with Crippen LogP contribution in [0.15, 0.2) is 60.2 Å². The molecule has 0 amide bonds. The Morgan fingerprint density at radius 1 is 1.08 bits per heavy atom. The Kier molecular flexibility index (Phi) is 7.48. The summed E-state index contributed by atoms with van der Waals surface area (Å²) in [4.78, 5) is 13.2. The third kappa shape index (κ3) is 5.33. The maximum Gasteiger partial charge on any atom is 0.348 e. The highest BCUT2D eigenvalue weighted by molar-refractivity contribution is 7.17. The summed E-state index contributed by atoms with van der Waals surface area (Å²) in [5.74, 6) is 0.549. The Balaban J connectivity index is 0.00000109. The highest BCUT2D eigenvalue weighted by Crippen LogP contribution is 2.30. The van der Waals surface area contributed by atoms with Crippen LogP contribution >= 0.6 is 11.3 Å². The third-order valence-corrected chi connectivity index (χ3v) is 4.72. The summed E-state index contributed by atoms with van der Waals surface area (Å²) in [6.07, 6.45) is 8.73. The van der Waals surface area contributed by atoms with E-state index in [4.69, 9.17) is 9.47 Å². The summed E-state index contributed by atoms with van der Waals surface area (Å²) in [5, 5.41) is 0. The van der Waals surface area contributed by atoms with Crippen molar-refractivity contribution < 1.29 is 14.3 Å². The average Bonchev–Trinajstić information content (AvgIpc) is 3.19. The van der Waals surface area contributed by atoms with Gasteiger partial charge >= 0.3 is 5.97 Å². The Morgan fingerprint density at radius 2 is 1.84 bits per heavy atom. The van der Waals surface area contributed by atoms with Crippen LogP contribution in [0.25, 0.3) is 10.4 Å². The number of hydrogen-bond donors (Lipinski definition) is 0. The van der Waals surface area contributed by atoms with Gasteiger partial charge in [-0.1, -0.05) is 32.1 Å². The van der Waals surface area contributed by atoms with Crippen LogP contribution in [0.4, 0.5) is 0 Å². The standard InChI is InChI=1S/C19H18O3S.C2H6/c1-21-19(20)18-12-11-17(23-18)15-7-9-16(10-8-15)22-13-14-5-3-2-4-6-14;1-2/h3,5-12H,2,4,13H2,1H3;1-2H3. The molecule has 0 atom stereocenters. The molecule has 1 aliphatic carbocycles. The zero-order valence-electron chi connectivity index (χ0n) is 15.0. The van der Waals surface area contributed by atoms with E-state index in [9.17, 15) is 4.79 Å². The lowest BCUT2D eigenvalue weighted by Crippen LogP contribution is -2.01. The fraction of sp³-hybridized carbons (Fsp3) is 0.286. The molecule has 1 aromatic heterocycles. The fourth-order valence-electron chi connectivity index (χ4n) is 2.36. The van der Waals surface area contributed by atoms with Crippen molar-refractivity contribution in [3.63, 3.8) is 0 Å². The van der Waals surface area contributed by atoms with Gasteiger partial charge in [-0.3, -0.25) is 0 Å². The summed E-state index contributed by atoms with van der Waals surface area (Å²) < 4.78 is 10.5. The smallest absolute Gasteiger partial charge is 0.348 e. The molecule has 4 heteroatoms. The highest BCUT2D eigenvalue weighted by Gasteiger charge is 2.10. The third-order valence-electron chi connectivity index (χ3n) is 3.61. The van der Waals surface area contributed by atoms with Gasteiger partial charge in [0, 0.05) is 4.88 Å². The Labute approximate surface area is 153 Å². The maximum absolute atomic E-state index is 11.5. The van der Waals surface area contributed by atoms with Gasteiger partial charge in [-0.25, -0.2) is 4.79 Å². The lowest BCUT2D eigenvalue weighted by atomic mass is 10.1.